The Bertz CT molecular complexity index is 445. The largest absolute Gasteiger partial charge is 0.416 e. The predicted molar refractivity (Wildman–Crippen MR) is 74.2 cm³/mol. The summed E-state index contributed by atoms with van der Waals surface area (Å²) < 4.78 is 38.7. The minimum atomic E-state index is -4.31. The fourth-order valence-corrected chi connectivity index (χ4v) is 3.07. The summed E-state index contributed by atoms with van der Waals surface area (Å²) in [5.41, 5.74) is -0.0757. The third kappa shape index (κ3) is 3.88. The van der Waals surface area contributed by atoms with E-state index >= 15 is 0 Å². The summed E-state index contributed by atoms with van der Waals surface area (Å²) >= 11 is 3.15. The Kier molecular flexibility index (Phi) is 4.43. The molecule has 1 aliphatic carbocycles. The van der Waals surface area contributed by atoms with Gasteiger partial charge in [0.1, 0.15) is 0 Å². The quantitative estimate of drug-likeness (QED) is 0.756. The van der Waals surface area contributed by atoms with E-state index in [0.717, 1.165) is 25.3 Å². The molecule has 1 N–H and O–H groups in total. The van der Waals surface area contributed by atoms with E-state index in [0.29, 0.717) is 16.1 Å². The number of hydrogen-bond donors (Lipinski definition) is 1. The van der Waals surface area contributed by atoms with Crippen molar-refractivity contribution < 1.29 is 13.2 Å². The molecule has 0 bridgehead atoms. The highest BCUT2D eigenvalue weighted by molar-refractivity contribution is 9.10. The zero-order chi connectivity index (χ0) is 14.0. The van der Waals surface area contributed by atoms with Gasteiger partial charge in [0.25, 0.3) is 0 Å². The van der Waals surface area contributed by atoms with Gasteiger partial charge in [-0.15, -0.1) is 0 Å². The Balaban J connectivity index is 2.18. The van der Waals surface area contributed by atoms with Gasteiger partial charge in [-0.25, -0.2) is 0 Å². The Hall–Kier alpha value is -0.710. The van der Waals surface area contributed by atoms with Gasteiger partial charge in [-0.2, -0.15) is 13.2 Å². The number of nitrogens with one attached hydrogen (secondary N) is 1. The Morgan fingerprint density at radius 1 is 1.16 bits per heavy atom. The van der Waals surface area contributed by atoms with Crippen LogP contribution in [-0.2, 0) is 6.18 Å². The number of anilines is 1. The Morgan fingerprint density at radius 2 is 1.84 bits per heavy atom. The molecule has 1 saturated carbocycles. The average Bonchev–Trinajstić information content (AvgIpc) is 2.30. The van der Waals surface area contributed by atoms with Crippen LogP contribution in [0.2, 0.25) is 0 Å². The highest BCUT2D eigenvalue weighted by Gasteiger charge is 2.31. The van der Waals surface area contributed by atoms with E-state index in [9.17, 15) is 13.2 Å². The molecule has 2 atom stereocenters. The fraction of sp³-hybridized carbons (Fsp3) is 0.571. The summed E-state index contributed by atoms with van der Waals surface area (Å²) in [4.78, 5) is 0. The molecular weight excluding hydrogens is 319 g/mol. The molecule has 2 rings (SSSR count). The molecule has 0 aromatic heterocycles. The zero-order valence-electron chi connectivity index (χ0n) is 10.7. The maximum atomic E-state index is 12.8. The van der Waals surface area contributed by atoms with Crippen LogP contribution in [0.1, 0.15) is 38.2 Å². The summed E-state index contributed by atoms with van der Waals surface area (Å²) in [6, 6.07) is 4.27. The lowest BCUT2D eigenvalue weighted by atomic mass is 9.86. The molecule has 0 radical (unpaired) electrons. The van der Waals surface area contributed by atoms with Crippen LogP contribution < -0.4 is 5.32 Å². The number of benzene rings is 1. The van der Waals surface area contributed by atoms with Crippen molar-refractivity contribution in [3.8, 4) is 0 Å². The van der Waals surface area contributed by atoms with Gasteiger partial charge < -0.3 is 5.32 Å². The number of rotatable bonds is 2. The number of hydrogen-bond acceptors (Lipinski definition) is 1. The minimum absolute atomic E-state index is 0.268. The Morgan fingerprint density at radius 3 is 2.47 bits per heavy atom. The number of alkyl halides is 3. The lowest BCUT2D eigenvalue weighted by Gasteiger charge is -2.30. The van der Waals surface area contributed by atoms with Gasteiger partial charge in [0.2, 0.25) is 0 Å². The molecule has 106 valence electrons. The third-order valence-corrected chi connectivity index (χ3v) is 4.15. The second-order valence-electron chi connectivity index (χ2n) is 5.24. The van der Waals surface area contributed by atoms with Gasteiger partial charge in [0.15, 0.2) is 0 Å². The van der Waals surface area contributed by atoms with Crippen LogP contribution in [0.4, 0.5) is 18.9 Å². The summed E-state index contributed by atoms with van der Waals surface area (Å²) in [5, 5.41) is 3.25. The molecule has 5 heteroatoms. The molecule has 0 saturated heterocycles. The monoisotopic (exact) mass is 335 g/mol. The first-order valence-corrected chi connectivity index (χ1v) is 7.30. The first-order chi connectivity index (χ1) is 8.86. The van der Waals surface area contributed by atoms with Gasteiger partial charge in [0, 0.05) is 16.2 Å². The predicted octanol–water partition coefficient (Wildman–Crippen LogP) is 5.46. The third-order valence-electron chi connectivity index (χ3n) is 3.69. The molecule has 1 aromatic carbocycles. The molecule has 0 heterocycles. The standard InChI is InChI=1S/C14H17BrF3N/c1-9-4-2-3-5-13(9)19-12-7-10(14(16,17)18)6-11(15)8-12/h6-9,13,19H,2-5H2,1H3. The second-order valence-corrected chi connectivity index (χ2v) is 6.15. The zero-order valence-corrected chi connectivity index (χ0v) is 12.3. The SMILES string of the molecule is CC1CCCCC1Nc1cc(Br)cc(C(F)(F)F)c1. The lowest BCUT2D eigenvalue weighted by Crippen LogP contribution is -2.30. The van der Waals surface area contributed by atoms with E-state index in [2.05, 4.69) is 28.2 Å². The van der Waals surface area contributed by atoms with E-state index in [1.807, 2.05) is 0 Å². The van der Waals surface area contributed by atoms with Gasteiger partial charge >= 0.3 is 6.18 Å². The summed E-state index contributed by atoms with van der Waals surface area (Å²) in [6.07, 6.45) is 0.207. The highest BCUT2D eigenvalue weighted by atomic mass is 79.9. The van der Waals surface area contributed by atoms with Gasteiger partial charge in [-0.3, -0.25) is 0 Å². The van der Waals surface area contributed by atoms with Crippen molar-refractivity contribution in [2.24, 2.45) is 5.92 Å². The summed E-state index contributed by atoms with van der Waals surface area (Å²) in [5.74, 6) is 0.502. The molecule has 0 aliphatic heterocycles. The first-order valence-electron chi connectivity index (χ1n) is 6.50. The molecule has 1 nitrogen and oxygen atoms in total. The van der Waals surface area contributed by atoms with Gasteiger partial charge in [-0.05, 0) is 37.0 Å². The van der Waals surface area contributed by atoms with Crippen LogP contribution in [0.3, 0.4) is 0 Å². The molecule has 0 spiro atoms. The van der Waals surface area contributed by atoms with Crippen LogP contribution in [0.5, 0.6) is 0 Å². The van der Waals surface area contributed by atoms with Gasteiger partial charge in [0.05, 0.1) is 5.56 Å². The lowest BCUT2D eigenvalue weighted by molar-refractivity contribution is -0.137. The summed E-state index contributed by atoms with van der Waals surface area (Å²) in [7, 11) is 0. The van der Waals surface area contributed by atoms with Crippen molar-refractivity contribution in [1.29, 1.82) is 0 Å². The molecule has 1 aromatic rings. The minimum Gasteiger partial charge on any atom is -0.382 e. The van der Waals surface area contributed by atoms with E-state index < -0.39 is 11.7 Å². The van der Waals surface area contributed by atoms with E-state index in [1.165, 1.54) is 12.5 Å². The van der Waals surface area contributed by atoms with Crippen molar-refractivity contribution in [3.05, 3.63) is 28.2 Å². The van der Waals surface area contributed by atoms with E-state index in [4.69, 9.17) is 0 Å². The summed E-state index contributed by atoms with van der Waals surface area (Å²) in [6.45, 7) is 2.15. The van der Waals surface area contributed by atoms with Gasteiger partial charge in [-0.1, -0.05) is 35.7 Å². The maximum absolute atomic E-state index is 12.8. The maximum Gasteiger partial charge on any atom is 0.416 e. The molecular formula is C14H17BrF3N. The second kappa shape index (κ2) is 5.73. The van der Waals surface area contributed by atoms with Crippen LogP contribution in [0.15, 0.2) is 22.7 Å². The molecule has 1 fully saturated rings. The van der Waals surface area contributed by atoms with Crippen molar-refractivity contribution in [2.45, 2.75) is 44.8 Å². The first kappa shape index (κ1) is 14.7. The molecule has 1 aliphatic rings. The highest BCUT2D eigenvalue weighted by Crippen LogP contribution is 2.34. The topological polar surface area (TPSA) is 12.0 Å². The van der Waals surface area contributed by atoms with E-state index in [1.54, 1.807) is 6.07 Å². The van der Waals surface area contributed by atoms with Crippen molar-refractivity contribution in [2.75, 3.05) is 5.32 Å². The van der Waals surface area contributed by atoms with Crippen LogP contribution in [0, 0.1) is 5.92 Å². The van der Waals surface area contributed by atoms with Crippen molar-refractivity contribution >= 4 is 21.6 Å². The van der Waals surface area contributed by atoms with E-state index in [-0.39, 0.29) is 6.04 Å². The van der Waals surface area contributed by atoms with Crippen LogP contribution in [-0.4, -0.2) is 6.04 Å². The fourth-order valence-electron chi connectivity index (χ4n) is 2.58. The van der Waals surface area contributed by atoms with Crippen LogP contribution in [0.25, 0.3) is 0 Å². The van der Waals surface area contributed by atoms with Crippen LogP contribution >= 0.6 is 15.9 Å². The van der Waals surface area contributed by atoms with Crippen molar-refractivity contribution in [3.63, 3.8) is 0 Å². The molecule has 2 unspecified atom stereocenters. The number of halogens is 4. The normalized spacial score (nSPS) is 24.3. The average molecular weight is 336 g/mol. The van der Waals surface area contributed by atoms with Crippen molar-refractivity contribution in [1.82, 2.24) is 0 Å². The molecule has 0 amide bonds. The molecule has 19 heavy (non-hydrogen) atoms. The Labute approximate surface area is 119 Å². The smallest absolute Gasteiger partial charge is 0.382 e.